The van der Waals surface area contributed by atoms with Gasteiger partial charge in [0.2, 0.25) is 5.91 Å². The molecule has 2 aliphatic rings. The van der Waals surface area contributed by atoms with Gasteiger partial charge in [0.25, 0.3) is 0 Å². The van der Waals surface area contributed by atoms with E-state index < -0.39 is 5.97 Å². The van der Waals surface area contributed by atoms with Crippen molar-refractivity contribution in [3.05, 3.63) is 11.8 Å². The molecule has 0 aromatic heterocycles. The number of fused-ring (bicyclic) bond motifs is 1. The van der Waals surface area contributed by atoms with Crippen molar-refractivity contribution in [2.24, 2.45) is 0 Å². The van der Waals surface area contributed by atoms with Crippen molar-refractivity contribution in [1.29, 1.82) is 0 Å². The molecule has 1 fully saturated rings. The van der Waals surface area contributed by atoms with Gasteiger partial charge in [-0.05, 0) is 13.0 Å². The van der Waals surface area contributed by atoms with E-state index in [1.165, 1.54) is 4.90 Å². The van der Waals surface area contributed by atoms with Crippen LogP contribution in [0.15, 0.2) is 11.8 Å². The number of carboxylic acids is 1. The average Bonchev–Trinajstić information content (AvgIpc) is 2.01. The molecule has 86 valence electrons. The molecule has 0 aromatic rings. The smallest absolute Gasteiger partial charge is 0.352 e. The molecule has 0 spiro atoms. The van der Waals surface area contributed by atoms with Crippen molar-refractivity contribution in [1.82, 2.24) is 4.90 Å². The Kier molecular flexibility index (Phi) is 4.96. The molecule has 0 saturated carbocycles. The van der Waals surface area contributed by atoms with Gasteiger partial charge in [0.05, 0.1) is 11.8 Å². The largest absolute Gasteiger partial charge is 0.477 e. The Morgan fingerprint density at radius 3 is 2.67 bits per heavy atom. The Balaban J connectivity index is 0.000000980. The van der Waals surface area contributed by atoms with Gasteiger partial charge < -0.3 is 5.11 Å². The lowest BCUT2D eigenvalue weighted by molar-refractivity contribution is -0.146. The van der Waals surface area contributed by atoms with E-state index in [-0.39, 0.29) is 47.0 Å². The first-order chi connectivity index (χ1) is 6.09. The lowest BCUT2D eigenvalue weighted by atomic mass is 10.1. The minimum absolute atomic E-state index is 0. The number of carbonyl (C=O) groups excluding carboxylic acids is 1. The predicted octanol–water partition coefficient (Wildman–Crippen LogP) is 1.49. The van der Waals surface area contributed by atoms with Gasteiger partial charge in [-0.2, -0.15) is 0 Å². The normalized spacial score (nSPS) is 27.7. The van der Waals surface area contributed by atoms with Gasteiger partial charge in [0.1, 0.15) is 5.70 Å². The highest BCUT2D eigenvalue weighted by Gasteiger charge is 2.44. The van der Waals surface area contributed by atoms with Crippen molar-refractivity contribution < 1.29 is 14.7 Å². The number of nitrogens with zero attached hydrogens (tertiary/aromatic N) is 1. The van der Waals surface area contributed by atoms with Gasteiger partial charge in [-0.25, -0.2) is 4.79 Å². The molecule has 15 heavy (non-hydrogen) atoms. The summed E-state index contributed by atoms with van der Waals surface area (Å²) in [6, 6.07) is 0. The van der Waals surface area contributed by atoms with Crippen LogP contribution in [0.3, 0.4) is 0 Å². The van der Waals surface area contributed by atoms with Crippen LogP contribution in [0.1, 0.15) is 13.3 Å². The summed E-state index contributed by atoms with van der Waals surface area (Å²) in [5.74, 6) is -1.09. The first-order valence-electron chi connectivity index (χ1n) is 4.02. The molecule has 2 heterocycles. The molecule has 1 amide bonds. The summed E-state index contributed by atoms with van der Waals surface area (Å²) in [4.78, 5) is 23.2. The molecule has 0 bridgehead atoms. The van der Waals surface area contributed by atoms with E-state index in [2.05, 4.69) is 0 Å². The van der Waals surface area contributed by atoms with Crippen molar-refractivity contribution in [2.75, 3.05) is 0 Å². The minimum Gasteiger partial charge on any atom is -0.477 e. The first-order valence-corrected chi connectivity index (χ1v) is 4.96. The van der Waals surface area contributed by atoms with E-state index in [9.17, 15) is 9.59 Å². The van der Waals surface area contributed by atoms with Gasteiger partial charge in [-0.1, -0.05) is 0 Å². The van der Waals surface area contributed by atoms with Crippen LogP contribution >= 0.6 is 36.6 Å². The van der Waals surface area contributed by atoms with Gasteiger partial charge in [0, 0.05) is 5.25 Å². The molecule has 1 N–H and O–H groups in total. The number of carboxylic acid groups (broad SMARTS) is 1. The monoisotopic (exact) mass is 271 g/mol. The van der Waals surface area contributed by atoms with E-state index in [4.69, 9.17) is 5.11 Å². The highest BCUT2D eigenvalue weighted by atomic mass is 35.5. The fraction of sp³-hybridized carbons (Fsp3) is 0.500. The first kappa shape index (κ1) is 14.6. The Hall–Kier alpha value is -0.390. The van der Waals surface area contributed by atoms with E-state index in [0.717, 1.165) is 0 Å². The molecule has 2 atom stereocenters. The summed E-state index contributed by atoms with van der Waals surface area (Å²) in [7, 11) is 0. The van der Waals surface area contributed by atoms with E-state index in [0.29, 0.717) is 6.42 Å². The SMILES string of the molecule is CC1C=C(C(=O)O)N2C(=O)C[C@H]2S1.Cl.Cl. The summed E-state index contributed by atoms with van der Waals surface area (Å²) in [5.41, 5.74) is 0.146. The van der Waals surface area contributed by atoms with Gasteiger partial charge in [-0.3, -0.25) is 9.69 Å². The average molecular weight is 272 g/mol. The van der Waals surface area contributed by atoms with Crippen LogP contribution in [0.2, 0.25) is 0 Å². The van der Waals surface area contributed by atoms with Crippen molar-refractivity contribution in [3.63, 3.8) is 0 Å². The summed E-state index contributed by atoms with van der Waals surface area (Å²) >= 11 is 1.63. The number of carbonyl (C=O) groups is 2. The van der Waals surface area contributed by atoms with Crippen LogP contribution in [-0.4, -0.2) is 32.5 Å². The third-order valence-electron chi connectivity index (χ3n) is 2.15. The fourth-order valence-electron chi connectivity index (χ4n) is 1.55. The zero-order chi connectivity index (χ0) is 9.59. The molecule has 1 unspecified atom stereocenters. The number of hydrogen-bond donors (Lipinski definition) is 1. The Labute approximate surface area is 104 Å². The number of β-lactam (4-membered cyclic amide) rings is 1. The Morgan fingerprint density at radius 2 is 2.20 bits per heavy atom. The summed E-state index contributed by atoms with van der Waals surface area (Å²) in [5, 5.41) is 9.06. The summed E-state index contributed by atoms with van der Waals surface area (Å²) in [6.07, 6.45) is 2.10. The minimum atomic E-state index is -1.01. The van der Waals surface area contributed by atoms with E-state index >= 15 is 0 Å². The maximum atomic E-state index is 11.1. The molecule has 1 saturated heterocycles. The maximum Gasteiger partial charge on any atom is 0.352 e. The van der Waals surface area contributed by atoms with Gasteiger partial charge >= 0.3 is 5.97 Å². The maximum absolute atomic E-state index is 11.1. The summed E-state index contributed by atoms with van der Waals surface area (Å²) in [6.45, 7) is 1.94. The van der Waals surface area contributed by atoms with Crippen LogP contribution in [0, 0.1) is 0 Å². The molecule has 7 heteroatoms. The lowest BCUT2D eigenvalue weighted by Crippen LogP contribution is -2.53. The number of rotatable bonds is 1. The zero-order valence-electron chi connectivity index (χ0n) is 7.87. The standard InChI is InChI=1S/C8H9NO3S.2ClH/c1-4-2-5(8(11)12)9-6(10)3-7(9)13-4;;/h2,4,7H,3H2,1H3,(H,11,12);2*1H/t4?,7-;;/m1../s1. The number of amides is 1. The highest BCUT2D eigenvalue weighted by molar-refractivity contribution is 8.00. The van der Waals surface area contributed by atoms with Crippen molar-refractivity contribution >= 4 is 48.5 Å². The molecular formula is C8H11Cl2NO3S. The second-order valence-corrected chi connectivity index (χ2v) is 4.68. The molecular weight excluding hydrogens is 261 g/mol. The van der Waals surface area contributed by atoms with E-state index in [1.54, 1.807) is 17.8 Å². The number of aliphatic carboxylic acids is 1. The second-order valence-electron chi connectivity index (χ2n) is 3.12. The third kappa shape index (κ3) is 2.41. The van der Waals surface area contributed by atoms with Crippen LogP contribution in [0.4, 0.5) is 0 Å². The molecule has 4 nitrogen and oxygen atoms in total. The fourth-order valence-corrected chi connectivity index (χ4v) is 2.84. The van der Waals surface area contributed by atoms with E-state index in [1.807, 2.05) is 6.92 Å². The third-order valence-corrected chi connectivity index (χ3v) is 3.41. The molecule has 2 aliphatic heterocycles. The van der Waals surface area contributed by atoms with Crippen molar-refractivity contribution in [2.45, 2.75) is 24.0 Å². The topological polar surface area (TPSA) is 57.6 Å². The highest BCUT2D eigenvalue weighted by Crippen LogP contribution is 2.40. The number of halogens is 2. The Bertz CT molecular complexity index is 321. The molecule has 2 rings (SSSR count). The molecule has 0 aromatic carbocycles. The summed E-state index contributed by atoms with van der Waals surface area (Å²) < 4.78 is 0. The van der Waals surface area contributed by atoms with Crippen molar-refractivity contribution in [3.8, 4) is 0 Å². The quantitative estimate of drug-likeness (QED) is 0.735. The molecule has 0 aliphatic carbocycles. The van der Waals surface area contributed by atoms with Crippen LogP contribution < -0.4 is 0 Å². The second kappa shape index (κ2) is 5.09. The van der Waals surface area contributed by atoms with Crippen LogP contribution in [0.5, 0.6) is 0 Å². The molecule has 0 radical (unpaired) electrons. The number of hydrogen-bond acceptors (Lipinski definition) is 3. The van der Waals surface area contributed by atoms with Gasteiger partial charge in [-0.15, -0.1) is 36.6 Å². The number of thioether (sulfide) groups is 1. The zero-order valence-corrected chi connectivity index (χ0v) is 10.3. The lowest BCUT2D eigenvalue weighted by Gasteiger charge is -2.43. The van der Waals surface area contributed by atoms with Crippen LogP contribution in [-0.2, 0) is 9.59 Å². The van der Waals surface area contributed by atoms with Gasteiger partial charge in [0.15, 0.2) is 0 Å². The Morgan fingerprint density at radius 1 is 1.60 bits per heavy atom. The predicted molar refractivity (Wildman–Crippen MR) is 62.5 cm³/mol. The van der Waals surface area contributed by atoms with Crippen LogP contribution in [0.25, 0.3) is 0 Å².